The molecule has 1 aliphatic rings. The normalized spacial score (nSPS) is 13.9. The number of benzene rings is 1. The molecule has 1 N–H and O–H groups in total. The van der Waals surface area contributed by atoms with Crippen LogP contribution in [0.3, 0.4) is 0 Å². The van der Waals surface area contributed by atoms with Crippen LogP contribution in [0.5, 0.6) is 0 Å². The van der Waals surface area contributed by atoms with Crippen LogP contribution >= 0.6 is 0 Å². The van der Waals surface area contributed by atoms with Gasteiger partial charge in [0.15, 0.2) is 5.65 Å². The van der Waals surface area contributed by atoms with Crippen molar-refractivity contribution in [2.24, 2.45) is 0 Å². The van der Waals surface area contributed by atoms with Gasteiger partial charge < -0.3 is 5.32 Å². The van der Waals surface area contributed by atoms with Gasteiger partial charge in [-0.2, -0.15) is 5.10 Å². The molecule has 0 spiro atoms. The third kappa shape index (κ3) is 2.85. The molecule has 0 atom stereocenters. The van der Waals surface area contributed by atoms with Gasteiger partial charge in [0, 0.05) is 17.8 Å². The van der Waals surface area contributed by atoms with Crippen molar-refractivity contribution in [3.8, 4) is 0 Å². The van der Waals surface area contributed by atoms with Gasteiger partial charge in [-0.15, -0.1) is 0 Å². The second-order valence-electron chi connectivity index (χ2n) is 7.30. The zero-order chi connectivity index (χ0) is 19.3. The number of anilines is 1. The standard InChI is InChI=1S/C21H19N5O2/c1-13-4-2-5-15(10-13)23-19(27)12-25-17-6-3-9-22-20(17)26-18(21(25)28)11-16(24-26)14-7-8-14/h2-6,9-11,14H,7-8,12H2,1H3,(H,23,27). The minimum atomic E-state index is -0.260. The number of carbonyl (C=O) groups excluding carboxylic acids is 1. The van der Waals surface area contributed by atoms with Crippen LogP contribution < -0.4 is 10.9 Å². The van der Waals surface area contributed by atoms with E-state index in [1.165, 1.54) is 4.57 Å². The van der Waals surface area contributed by atoms with Crippen LogP contribution in [0.1, 0.15) is 30.0 Å². The molecule has 0 bridgehead atoms. The summed E-state index contributed by atoms with van der Waals surface area (Å²) in [6.45, 7) is 1.87. The molecular formula is C21H19N5O2. The Hall–Kier alpha value is -3.48. The highest BCUT2D eigenvalue weighted by molar-refractivity contribution is 5.91. The number of carbonyl (C=O) groups is 1. The molecule has 7 heteroatoms. The largest absolute Gasteiger partial charge is 0.325 e. The predicted molar refractivity (Wildman–Crippen MR) is 107 cm³/mol. The number of rotatable bonds is 4. The fraction of sp³-hybridized carbons (Fsp3) is 0.238. The number of nitrogens with zero attached hydrogens (tertiary/aromatic N) is 4. The molecule has 1 amide bonds. The number of hydrogen-bond acceptors (Lipinski definition) is 4. The molecule has 1 aliphatic carbocycles. The van der Waals surface area contributed by atoms with Gasteiger partial charge in [-0.25, -0.2) is 9.50 Å². The van der Waals surface area contributed by atoms with Crippen molar-refractivity contribution in [2.45, 2.75) is 32.2 Å². The Bertz CT molecular complexity index is 1280. The first kappa shape index (κ1) is 16.7. The molecular weight excluding hydrogens is 354 g/mol. The van der Waals surface area contributed by atoms with Crippen molar-refractivity contribution in [3.05, 3.63) is 70.3 Å². The van der Waals surface area contributed by atoms with Crippen LogP contribution in [-0.4, -0.2) is 25.1 Å². The molecule has 0 aliphatic heterocycles. The summed E-state index contributed by atoms with van der Waals surface area (Å²) in [4.78, 5) is 30.2. The molecule has 1 saturated carbocycles. The second kappa shape index (κ2) is 6.30. The maximum Gasteiger partial charge on any atom is 0.277 e. The average molecular weight is 373 g/mol. The van der Waals surface area contributed by atoms with Crippen molar-refractivity contribution in [1.29, 1.82) is 0 Å². The van der Waals surface area contributed by atoms with Crippen LogP contribution in [0.2, 0.25) is 0 Å². The molecule has 4 aromatic rings. The highest BCUT2D eigenvalue weighted by atomic mass is 16.2. The van der Waals surface area contributed by atoms with Crippen LogP contribution in [-0.2, 0) is 11.3 Å². The van der Waals surface area contributed by atoms with Crippen LogP contribution in [0.4, 0.5) is 5.69 Å². The minimum absolute atomic E-state index is 0.0879. The number of pyridine rings is 1. The summed E-state index contributed by atoms with van der Waals surface area (Å²) in [5.41, 5.74) is 4.07. The number of aromatic nitrogens is 4. The van der Waals surface area contributed by atoms with Crippen LogP contribution in [0, 0.1) is 6.92 Å². The first-order valence-electron chi connectivity index (χ1n) is 9.34. The summed E-state index contributed by atoms with van der Waals surface area (Å²) >= 11 is 0. The molecule has 28 heavy (non-hydrogen) atoms. The molecule has 0 unspecified atom stereocenters. The quantitative estimate of drug-likeness (QED) is 0.596. The van der Waals surface area contributed by atoms with Crippen LogP contribution in [0.15, 0.2) is 53.5 Å². The molecule has 1 fully saturated rings. The highest BCUT2D eigenvalue weighted by Gasteiger charge is 2.27. The zero-order valence-corrected chi connectivity index (χ0v) is 15.4. The van der Waals surface area contributed by atoms with Crippen molar-refractivity contribution < 1.29 is 4.79 Å². The van der Waals surface area contributed by atoms with Gasteiger partial charge in [0.1, 0.15) is 12.1 Å². The monoisotopic (exact) mass is 373 g/mol. The van der Waals surface area contributed by atoms with Crippen molar-refractivity contribution in [2.75, 3.05) is 5.32 Å². The molecule has 5 rings (SSSR count). The first-order valence-corrected chi connectivity index (χ1v) is 9.34. The lowest BCUT2D eigenvalue weighted by molar-refractivity contribution is -0.116. The topological polar surface area (TPSA) is 81.3 Å². The van der Waals surface area contributed by atoms with E-state index in [4.69, 9.17) is 0 Å². The van der Waals surface area contributed by atoms with Crippen LogP contribution in [0.25, 0.3) is 16.7 Å². The maximum atomic E-state index is 13.1. The highest BCUT2D eigenvalue weighted by Crippen LogP contribution is 2.39. The summed E-state index contributed by atoms with van der Waals surface area (Å²) in [6, 6.07) is 13.0. The Kier molecular flexibility index (Phi) is 3.75. The average Bonchev–Trinajstić information content (AvgIpc) is 3.43. The number of amides is 1. The van der Waals surface area contributed by atoms with Gasteiger partial charge in [0.2, 0.25) is 5.91 Å². The van der Waals surface area contributed by atoms with Gasteiger partial charge in [0.25, 0.3) is 5.56 Å². The van der Waals surface area contributed by atoms with E-state index in [-0.39, 0.29) is 18.0 Å². The van der Waals surface area contributed by atoms with E-state index in [1.807, 2.05) is 37.3 Å². The van der Waals surface area contributed by atoms with E-state index in [0.29, 0.717) is 28.3 Å². The fourth-order valence-corrected chi connectivity index (χ4v) is 3.53. The SMILES string of the molecule is Cc1cccc(NC(=O)Cn2c(=O)c3cc(C4CC4)nn3c3ncccc32)c1. The van der Waals surface area contributed by atoms with E-state index in [9.17, 15) is 9.59 Å². The predicted octanol–water partition coefficient (Wildman–Crippen LogP) is 2.87. The lowest BCUT2D eigenvalue weighted by Crippen LogP contribution is -2.29. The summed E-state index contributed by atoms with van der Waals surface area (Å²) < 4.78 is 3.08. The lowest BCUT2D eigenvalue weighted by atomic mass is 10.2. The molecule has 7 nitrogen and oxygen atoms in total. The number of fused-ring (bicyclic) bond motifs is 3. The van der Waals surface area contributed by atoms with Crippen molar-refractivity contribution >= 4 is 28.3 Å². The van der Waals surface area contributed by atoms with E-state index >= 15 is 0 Å². The summed E-state index contributed by atoms with van der Waals surface area (Å²) in [6.07, 6.45) is 3.87. The maximum absolute atomic E-state index is 13.1. The third-order valence-corrected chi connectivity index (χ3v) is 5.05. The number of nitrogens with one attached hydrogen (secondary N) is 1. The molecule has 3 heterocycles. The fourth-order valence-electron chi connectivity index (χ4n) is 3.53. The molecule has 0 radical (unpaired) electrons. The Morgan fingerprint density at radius 1 is 1.18 bits per heavy atom. The van der Waals surface area contributed by atoms with E-state index in [1.54, 1.807) is 22.8 Å². The van der Waals surface area contributed by atoms with Gasteiger partial charge in [0.05, 0.1) is 11.2 Å². The van der Waals surface area contributed by atoms with Gasteiger partial charge in [-0.1, -0.05) is 12.1 Å². The Balaban J connectivity index is 1.58. The Morgan fingerprint density at radius 3 is 2.82 bits per heavy atom. The third-order valence-electron chi connectivity index (χ3n) is 5.05. The second-order valence-corrected chi connectivity index (χ2v) is 7.30. The Morgan fingerprint density at radius 2 is 2.04 bits per heavy atom. The van der Waals surface area contributed by atoms with Crippen molar-refractivity contribution in [3.63, 3.8) is 0 Å². The van der Waals surface area contributed by atoms with Gasteiger partial charge in [-0.3, -0.25) is 14.2 Å². The van der Waals surface area contributed by atoms with E-state index < -0.39 is 0 Å². The molecule has 3 aromatic heterocycles. The molecule has 1 aromatic carbocycles. The van der Waals surface area contributed by atoms with E-state index in [0.717, 1.165) is 24.1 Å². The summed E-state index contributed by atoms with van der Waals surface area (Å²) in [5, 5.41) is 7.46. The molecule has 0 saturated heterocycles. The smallest absolute Gasteiger partial charge is 0.277 e. The van der Waals surface area contributed by atoms with Crippen molar-refractivity contribution in [1.82, 2.24) is 19.2 Å². The van der Waals surface area contributed by atoms with Gasteiger partial charge >= 0.3 is 0 Å². The molecule has 140 valence electrons. The summed E-state index contributed by atoms with van der Waals surface area (Å²) in [7, 11) is 0. The van der Waals surface area contributed by atoms with Gasteiger partial charge in [-0.05, 0) is 55.7 Å². The summed E-state index contributed by atoms with van der Waals surface area (Å²) in [5.74, 6) is 0.167. The number of hydrogen-bond donors (Lipinski definition) is 1. The van der Waals surface area contributed by atoms with E-state index in [2.05, 4.69) is 15.4 Å². The Labute approximate surface area is 160 Å². The first-order chi connectivity index (χ1) is 13.6. The number of aryl methyl sites for hydroxylation is 1. The lowest BCUT2D eigenvalue weighted by Gasteiger charge is -2.11. The zero-order valence-electron chi connectivity index (χ0n) is 15.4. The minimum Gasteiger partial charge on any atom is -0.325 e.